The van der Waals surface area contributed by atoms with Crippen molar-refractivity contribution < 1.29 is 15.1 Å². The summed E-state index contributed by atoms with van der Waals surface area (Å²) in [5.41, 5.74) is 3.76. The Morgan fingerprint density at radius 3 is 2.65 bits per heavy atom. The van der Waals surface area contributed by atoms with Gasteiger partial charge in [-0.05, 0) is 6.92 Å². The van der Waals surface area contributed by atoms with Crippen LogP contribution in [0.25, 0.3) is 0 Å². The molecular formula is C9H13N3O5. The molecule has 2 atom stereocenters. The van der Waals surface area contributed by atoms with Crippen molar-refractivity contribution in [1.29, 1.82) is 0 Å². The number of nitrogens with one attached hydrogen (secondary N) is 1. The van der Waals surface area contributed by atoms with Crippen LogP contribution in [0, 0.1) is 17.0 Å². The van der Waals surface area contributed by atoms with Gasteiger partial charge in [0.2, 0.25) is 0 Å². The first-order valence-corrected chi connectivity index (χ1v) is 4.83. The Hall–Kier alpha value is -1.77. The minimum absolute atomic E-state index is 0.0127. The van der Waals surface area contributed by atoms with Crippen molar-refractivity contribution in [3.63, 3.8) is 0 Å². The molecule has 1 heterocycles. The number of aliphatic hydroxyl groups is 2. The summed E-state index contributed by atoms with van der Waals surface area (Å²) in [6.07, 6.45) is -1.50. The van der Waals surface area contributed by atoms with Crippen molar-refractivity contribution >= 4 is 5.69 Å². The second kappa shape index (κ2) is 5.04. The summed E-state index contributed by atoms with van der Waals surface area (Å²) >= 11 is 0. The molecule has 0 amide bonds. The zero-order valence-electron chi connectivity index (χ0n) is 9.08. The summed E-state index contributed by atoms with van der Waals surface area (Å²) < 4.78 is 0. The predicted molar refractivity (Wildman–Crippen MR) is 58.5 cm³/mol. The van der Waals surface area contributed by atoms with E-state index < -0.39 is 28.4 Å². The molecule has 1 aromatic rings. The highest BCUT2D eigenvalue weighted by atomic mass is 16.6. The van der Waals surface area contributed by atoms with Crippen LogP contribution in [0.15, 0.2) is 11.0 Å². The fraction of sp³-hybridized carbons (Fsp3) is 0.444. The van der Waals surface area contributed by atoms with Crippen LogP contribution < -0.4 is 11.3 Å². The molecule has 0 spiro atoms. The van der Waals surface area contributed by atoms with E-state index >= 15 is 0 Å². The van der Waals surface area contributed by atoms with Gasteiger partial charge in [0.05, 0.1) is 11.0 Å². The van der Waals surface area contributed by atoms with Crippen LogP contribution in [-0.2, 0) is 0 Å². The number of aromatic nitrogens is 1. The SMILES string of the molecule is Cc1c(C(O)C(O)CN)c[nH]c(=O)c1[N+](=O)[O-]. The lowest BCUT2D eigenvalue weighted by atomic mass is 10.0. The maximum atomic E-state index is 11.2. The number of H-pyrrole nitrogens is 1. The quantitative estimate of drug-likeness (QED) is 0.392. The Balaban J connectivity index is 3.33. The third-order valence-corrected chi connectivity index (χ3v) is 2.47. The Bertz CT molecular complexity index is 484. The van der Waals surface area contributed by atoms with Gasteiger partial charge in [-0.2, -0.15) is 0 Å². The van der Waals surface area contributed by atoms with Gasteiger partial charge in [0.15, 0.2) is 0 Å². The Labute approximate surface area is 95.9 Å². The number of aliphatic hydroxyl groups excluding tert-OH is 2. The zero-order valence-corrected chi connectivity index (χ0v) is 9.08. The smallest absolute Gasteiger partial charge is 0.337 e. The summed E-state index contributed by atoms with van der Waals surface area (Å²) in [6.45, 7) is 1.13. The molecule has 5 N–H and O–H groups in total. The average molecular weight is 243 g/mol. The molecule has 0 bridgehead atoms. The molecule has 0 aromatic carbocycles. The zero-order chi connectivity index (χ0) is 13.2. The van der Waals surface area contributed by atoms with Crippen molar-refractivity contribution in [1.82, 2.24) is 4.98 Å². The molecule has 0 radical (unpaired) electrons. The van der Waals surface area contributed by atoms with Gasteiger partial charge in [-0.25, -0.2) is 0 Å². The molecule has 8 nitrogen and oxygen atoms in total. The van der Waals surface area contributed by atoms with Crippen LogP contribution in [0.2, 0.25) is 0 Å². The van der Waals surface area contributed by atoms with Gasteiger partial charge in [0, 0.05) is 23.9 Å². The van der Waals surface area contributed by atoms with Gasteiger partial charge in [-0.3, -0.25) is 14.9 Å². The highest BCUT2D eigenvalue weighted by molar-refractivity contribution is 5.42. The topological polar surface area (TPSA) is 142 Å². The number of nitro groups is 1. The number of rotatable bonds is 4. The molecule has 94 valence electrons. The van der Waals surface area contributed by atoms with Crippen LogP contribution in [0.4, 0.5) is 5.69 Å². The van der Waals surface area contributed by atoms with Crippen molar-refractivity contribution in [2.75, 3.05) is 6.54 Å². The normalized spacial score (nSPS) is 14.4. The Morgan fingerprint density at radius 1 is 1.59 bits per heavy atom. The van der Waals surface area contributed by atoms with Crippen LogP contribution in [0.1, 0.15) is 17.2 Å². The number of nitrogens with two attached hydrogens (primary N) is 1. The molecule has 1 aromatic heterocycles. The molecule has 0 aliphatic heterocycles. The number of aromatic amines is 1. The maximum absolute atomic E-state index is 11.2. The van der Waals surface area contributed by atoms with Gasteiger partial charge in [-0.15, -0.1) is 0 Å². The van der Waals surface area contributed by atoms with Crippen molar-refractivity contribution in [2.24, 2.45) is 5.73 Å². The van der Waals surface area contributed by atoms with Gasteiger partial charge < -0.3 is 20.9 Å². The van der Waals surface area contributed by atoms with E-state index in [-0.39, 0.29) is 17.7 Å². The molecular weight excluding hydrogens is 230 g/mol. The molecule has 0 fully saturated rings. The summed E-state index contributed by atoms with van der Waals surface area (Å²) in [5.74, 6) is 0. The van der Waals surface area contributed by atoms with Gasteiger partial charge in [-0.1, -0.05) is 0 Å². The van der Waals surface area contributed by atoms with E-state index in [9.17, 15) is 25.1 Å². The monoisotopic (exact) mass is 243 g/mol. The number of hydrogen-bond donors (Lipinski definition) is 4. The van der Waals surface area contributed by atoms with E-state index in [2.05, 4.69) is 4.98 Å². The molecule has 1 rings (SSSR count). The maximum Gasteiger partial charge on any atom is 0.337 e. The van der Waals surface area contributed by atoms with Crippen LogP contribution in [0.5, 0.6) is 0 Å². The lowest BCUT2D eigenvalue weighted by Gasteiger charge is -2.17. The third kappa shape index (κ3) is 2.49. The third-order valence-electron chi connectivity index (χ3n) is 2.47. The molecule has 0 aliphatic carbocycles. The largest absolute Gasteiger partial charge is 0.389 e. The molecule has 0 aliphatic rings. The van der Waals surface area contributed by atoms with E-state index in [1.807, 2.05) is 0 Å². The number of pyridine rings is 1. The van der Waals surface area contributed by atoms with E-state index in [0.717, 1.165) is 6.20 Å². The van der Waals surface area contributed by atoms with Crippen LogP contribution in [-0.4, -0.2) is 32.8 Å². The highest BCUT2D eigenvalue weighted by Gasteiger charge is 2.25. The first-order chi connectivity index (χ1) is 7.90. The molecule has 8 heteroatoms. The number of hydrogen-bond acceptors (Lipinski definition) is 6. The summed E-state index contributed by atoms with van der Waals surface area (Å²) in [5, 5.41) is 29.7. The molecule has 17 heavy (non-hydrogen) atoms. The van der Waals surface area contributed by atoms with Gasteiger partial charge >= 0.3 is 11.2 Å². The van der Waals surface area contributed by atoms with Gasteiger partial charge in [0.25, 0.3) is 0 Å². The van der Waals surface area contributed by atoms with Crippen molar-refractivity contribution in [3.05, 3.63) is 37.8 Å². The second-order valence-corrected chi connectivity index (χ2v) is 3.55. The molecule has 0 saturated heterocycles. The minimum Gasteiger partial charge on any atom is -0.389 e. The molecule has 2 unspecified atom stereocenters. The predicted octanol–water partition coefficient (Wildman–Crippen LogP) is -1.06. The first-order valence-electron chi connectivity index (χ1n) is 4.83. The van der Waals surface area contributed by atoms with Crippen LogP contribution >= 0.6 is 0 Å². The average Bonchev–Trinajstić information content (AvgIpc) is 2.27. The van der Waals surface area contributed by atoms with E-state index in [1.165, 1.54) is 6.92 Å². The second-order valence-electron chi connectivity index (χ2n) is 3.55. The Morgan fingerprint density at radius 2 is 2.18 bits per heavy atom. The minimum atomic E-state index is -1.38. The van der Waals surface area contributed by atoms with Crippen LogP contribution in [0.3, 0.4) is 0 Å². The van der Waals surface area contributed by atoms with E-state index in [1.54, 1.807) is 0 Å². The Kier molecular flexibility index (Phi) is 3.94. The summed E-state index contributed by atoms with van der Waals surface area (Å²) in [4.78, 5) is 23.2. The van der Waals surface area contributed by atoms with Crippen molar-refractivity contribution in [2.45, 2.75) is 19.1 Å². The van der Waals surface area contributed by atoms with Crippen molar-refractivity contribution in [3.8, 4) is 0 Å². The fourth-order valence-electron chi connectivity index (χ4n) is 1.49. The lowest BCUT2D eigenvalue weighted by Crippen LogP contribution is -2.28. The standard InChI is InChI=1S/C9H13N3O5/c1-4-5(8(14)6(13)2-10)3-11-9(15)7(4)12(16)17/h3,6,8,13-14H,2,10H2,1H3,(H,11,15). The first kappa shape index (κ1) is 13.3. The summed E-state index contributed by atoms with van der Waals surface area (Å²) in [7, 11) is 0. The summed E-state index contributed by atoms with van der Waals surface area (Å²) in [6, 6.07) is 0. The fourth-order valence-corrected chi connectivity index (χ4v) is 1.49. The highest BCUT2D eigenvalue weighted by Crippen LogP contribution is 2.23. The lowest BCUT2D eigenvalue weighted by molar-refractivity contribution is -0.387. The van der Waals surface area contributed by atoms with Gasteiger partial charge in [0.1, 0.15) is 6.10 Å². The number of nitrogens with zero attached hydrogens (tertiary/aromatic N) is 1. The van der Waals surface area contributed by atoms with E-state index in [4.69, 9.17) is 5.73 Å². The molecule has 0 saturated carbocycles. The van der Waals surface area contributed by atoms with E-state index in [0.29, 0.717) is 0 Å².